The molecule has 0 radical (unpaired) electrons. The summed E-state index contributed by atoms with van der Waals surface area (Å²) in [5, 5.41) is 12.7. The number of hydrogen-bond acceptors (Lipinski definition) is 3. The maximum atomic E-state index is 9.36. The molecule has 2 rings (SSSR count). The van der Waals surface area contributed by atoms with Crippen molar-refractivity contribution in [3.8, 4) is 6.07 Å². The fourth-order valence-electron chi connectivity index (χ4n) is 2.53. The van der Waals surface area contributed by atoms with E-state index >= 15 is 0 Å². The van der Waals surface area contributed by atoms with Gasteiger partial charge in [-0.2, -0.15) is 5.26 Å². The lowest BCUT2D eigenvalue weighted by atomic mass is 9.93. The Morgan fingerprint density at radius 2 is 1.94 bits per heavy atom. The molecule has 1 N–H and O–H groups in total. The average molecular weight is 243 g/mol. The van der Waals surface area contributed by atoms with Crippen molar-refractivity contribution < 1.29 is 0 Å². The molecule has 3 nitrogen and oxygen atoms in total. The summed E-state index contributed by atoms with van der Waals surface area (Å²) in [6.07, 6.45) is 0.917. The van der Waals surface area contributed by atoms with Crippen LogP contribution in [0, 0.1) is 11.3 Å². The zero-order valence-corrected chi connectivity index (χ0v) is 11.0. The SMILES string of the molecule is CC(CC(C#N)N1CCNCC1)c1ccccc1. The van der Waals surface area contributed by atoms with Gasteiger partial charge in [-0.3, -0.25) is 4.90 Å². The summed E-state index contributed by atoms with van der Waals surface area (Å²) in [6.45, 7) is 6.18. The lowest BCUT2D eigenvalue weighted by molar-refractivity contribution is 0.193. The van der Waals surface area contributed by atoms with Crippen molar-refractivity contribution in [2.75, 3.05) is 26.2 Å². The summed E-state index contributed by atoms with van der Waals surface area (Å²) >= 11 is 0. The monoisotopic (exact) mass is 243 g/mol. The predicted molar refractivity (Wildman–Crippen MR) is 73.3 cm³/mol. The summed E-state index contributed by atoms with van der Waals surface area (Å²) < 4.78 is 0. The predicted octanol–water partition coefficient (Wildman–Crippen LogP) is 1.98. The molecule has 2 atom stereocenters. The Hall–Kier alpha value is -1.37. The van der Waals surface area contributed by atoms with Gasteiger partial charge in [0.2, 0.25) is 0 Å². The molecular formula is C15H21N3. The van der Waals surface area contributed by atoms with Gasteiger partial charge in [0.15, 0.2) is 0 Å². The molecule has 96 valence electrons. The van der Waals surface area contributed by atoms with Gasteiger partial charge in [0, 0.05) is 26.2 Å². The highest BCUT2D eigenvalue weighted by Gasteiger charge is 2.22. The van der Waals surface area contributed by atoms with Crippen molar-refractivity contribution in [2.45, 2.75) is 25.3 Å². The van der Waals surface area contributed by atoms with E-state index < -0.39 is 0 Å². The van der Waals surface area contributed by atoms with E-state index in [9.17, 15) is 5.26 Å². The molecule has 1 fully saturated rings. The van der Waals surface area contributed by atoms with E-state index in [-0.39, 0.29) is 6.04 Å². The van der Waals surface area contributed by atoms with Crippen LogP contribution in [0.1, 0.15) is 24.8 Å². The second-order valence-electron chi connectivity index (χ2n) is 4.98. The minimum atomic E-state index is 0.0438. The smallest absolute Gasteiger partial charge is 0.0984 e. The van der Waals surface area contributed by atoms with Crippen LogP contribution in [-0.2, 0) is 0 Å². The molecule has 0 amide bonds. The third kappa shape index (κ3) is 3.32. The van der Waals surface area contributed by atoms with Crippen LogP contribution in [0.3, 0.4) is 0 Å². The summed E-state index contributed by atoms with van der Waals surface area (Å²) in [4.78, 5) is 2.30. The highest BCUT2D eigenvalue weighted by Crippen LogP contribution is 2.22. The summed E-state index contributed by atoms with van der Waals surface area (Å²) in [5.74, 6) is 0.436. The van der Waals surface area contributed by atoms with E-state index in [0.717, 1.165) is 32.6 Å². The van der Waals surface area contributed by atoms with Gasteiger partial charge >= 0.3 is 0 Å². The Bertz CT molecular complexity index is 390. The number of piperazine rings is 1. The first-order chi connectivity index (χ1) is 8.81. The average Bonchev–Trinajstić information content (AvgIpc) is 2.46. The molecule has 1 heterocycles. The van der Waals surface area contributed by atoms with Crippen LogP contribution in [0.5, 0.6) is 0 Å². The second kappa shape index (κ2) is 6.53. The molecule has 0 aromatic heterocycles. The maximum Gasteiger partial charge on any atom is 0.0984 e. The van der Waals surface area contributed by atoms with Gasteiger partial charge in [0.05, 0.1) is 12.1 Å². The molecule has 1 aliphatic rings. The van der Waals surface area contributed by atoms with Crippen molar-refractivity contribution in [3.63, 3.8) is 0 Å². The summed E-state index contributed by atoms with van der Waals surface area (Å²) in [6, 6.07) is 13.0. The van der Waals surface area contributed by atoms with Gasteiger partial charge in [0.1, 0.15) is 0 Å². The minimum absolute atomic E-state index is 0.0438. The van der Waals surface area contributed by atoms with E-state index in [1.807, 2.05) is 6.07 Å². The standard InChI is InChI=1S/C15H21N3/c1-13(14-5-3-2-4-6-14)11-15(12-16)18-9-7-17-8-10-18/h2-6,13,15,17H,7-11H2,1H3. The Morgan fingerprint density at radius 3 is 2.56 bits per heavy atom. The topological polar surface area (TPSA) is 39.1 Å². The normalized spacial score (nSPS) is 20.0. The highest BCUT2D eigenvalue weighted by molar-refractivity contribution is 5.19. The van der Waals surface area contributed by atoms with Crippen LogP contribution in [-0.4, -0.2) is 37.1 Å². The van der Waals surface area contributed by atoms with E-state index in [0.29, 0.717) is 5.92 Å². The van der Waals surface area contributed by atoms with Gasteiger partial charge in [-0.05, 0) is 17.9 Å². The van der Waals surface area contributed by atoms with E-state index in [4.69, 9.17) is 0 Å². The van der Waals surface area contributed by atoms with Crippen LogP contribution < -0.4 is 5.32 Å². The van der Waals surface area contributed by atoms with Crippen LogP contribution in [0.2, 0.25) is 0 Å². The van der Waals surface area contributed by atoms with E-state index in [1.165, 1.54) is 5.56 Å². The van der Waals surface area contributed by atoms with Crippen molar-refractivity contribution in [3.05, 3.63) is 35.9 Å². The van der Waals surface area contributed by atoms with Gasteiger partial charge < -0.3 is 5.32 Å². The number of nitrogens with zero attached hydrogens (tertiary/aromatic N) is 2. The second-order valence-corrected chi connectivity index (χ2v) is 4.98. The fourth-order valence-corrected chi connectivity index (χ4v) is 2.53. The molecule has 0 aliphatic carbocycles. The zero-order chi connectivity index (χ0) is 12.8. The van der Waals surface area contributed by atoms with Crippen molar-refractivity contribution in [1.82, 2.24) is 10.2 Å². The lowest BCUT2D eigenvalue weighted by Crippen LogP contribution is -2.48. The number of hydrogen-bond donors (Lipinski definition) is 1. The lowest BCUT2D eigenvalue weighted by Gasteiger charge is -2.32. The van der Waals surface area contributed by atoms with Gasteiger partial charge in [-0.15, -0.1) is 0 Å². The molecule has 1 aromatic carbocycles. The molecule has 0 saturated carbocycles. The molecule has 2 unspecified atom stereocenters. The third-order valence-electron chi connectivity index (χ3n) is 3.69. The molecular weight excluding hydrogens is 222 g/mol. The van der Waals surface area contributed by atoms with Crippen molar-refractivity contribution in [2.24, 2.45) is 0 Å². The molecule has 0 spiro atoms. The third-order valence-corrected chi connectivity index (χ3v) is 3.69. The number of benzene rings is 1. The Morgan fingerprint density at radius 1 is 1.28 bits per heavy atom. The Balaban J connectivity index is 1.96. The first-order valence-electron chi connectivity index (χ1n) is 6.70. The Labute approximate surface area is 109 Å². The van der Waals surface area contributed by atoms with Crippen LogP contribution in [0.4, 0.5) is 0 Å². The van der Waals surface area contributed by atoms with Crippen LogP contribution >= 0.6 is 0 Å². The highest BCUT2D eigenvalue weighted by atomic mass is 15.2. The molecule has 18 heavy (non-hydrogen) atoms. The van der Waals surface area contributed by atoms with Crippen LogP contribution in [0.15, 0.2) is 30.3 Å². The molecule has 1 aromatic rings. The fraction of sp³-hybridized carbons (Fsp3) is 0.533. The van der Waals surface area contributed by atoms with Crippen LogP contribution in [0.25, 0.3) is 0 Å². The minimum Gasteiger partial charge on any atom is -0.314 e. The zero-order valence-electron chi connectivity index (χ0n) is 11.0. The Kier molecular flexibility index (Phi) is 4.74. The number of nitriles is 1. The summed E-state index contributed by atoms with van der Waals surface area (Å²) in [7, 11) is 0. The van der Waals surface area contributed by atoms with Gasteiger partial charge in [0.25, 0.3) is 0 Å². The van der Waals surface area contributed by atoms with Crippen molar-refractivity contribution >= 4 is 0 Å². The first kappa shape index (κ1) is 13.1. The van der Waals surface area contributed by atoms with E-state index in [1.54, 1.807) is 0 Å². The van der Waals surface area contributed by atoms with Gasteiger partial charge in [-0.1, -0.05) is 37.3 Å². The molecule has 1 aliphatic heterocycles. The molecule has 1 saturated heterocycles. The molecule has 3 heteroatoms. The first-order valence-corrected chi connectivity index (χ1v) is 6.70. The number of nitrogens with one attached hydrogen (secondary N) is 1. The quantitative estimate of drug-likeness (QED) is 0.879. The largest absolute Gasteiger partial charge is 0.314 e. The van der Waals surface area contributed by atoms with Crippen molar-refractivity contribution in [1.29, 1.82) is 5.26 Å². The summed E-state index contributed by atoms with van der Waals surface area (Å²) in [5.41, 5.74) is 1.33. The maximum absolute atomic E-state index is 9.36. The number of rotatable bonds is 4. The van der Waals surface area contributed by atoms with Gasteiger partial charge in [-0.25, -0.2) is 0 Å². The van der Waals surface area contributed by atoms with E-state index in [2.05, 4.69) is 47.5 Å². The molecule has 0 bridgehead atoms.